The van der Waals surface area contributed by atoms with Crippen LogP contribution >= 0.6 is 0 Å². The zero-order valence-electron chi connectivity index (χ0n) is 14.8. The highest BCUT2D eigenvalue weighted by Crippen LogP contribution is 2.24. The van der Waals surface area contributed by atoms with Gasteiger partial charge < -0.3 is 19.4 Å². The summed E-state index contributed by atoms with van der Waals surface area (Å²) in [5, 5.41) is 2.88. The molecule has 136 valence electrons. The molecular formula is C19H21N3O4. The van der Waals surface area contributed by atoms with Gasteiger partial charge in [-0.3, -0.25) is 0 Å². The van der Waals surface area contributed by atoms with E-state index in [4.69, 9.17) is 4.98 Å². The summed E-state index contributed by atoms with van der Waals surface area (Å²) in [6, 6.07) is 7.48. The Kier molecular flexibility index (Phi) is 5.36. The van der Waals surface area contributed by atoms with Crippen LogP contribution in [0.3, 0.4) is 0 Å². The second-order valence-electron chi connectivity index (χ2n) is 5.97. The summed E-state index contributed by atoms with van der Waals surface area (Å²) in [5.74, 6) is -0.165. The van der Waals surface area contributed by atoms with Crippen LogP contribution in [-0.4, -0.2) is 35.7 Å². The van der Waals surface area contributed by atoms with Gasteiger partial charge in [0, 0.05) is 30.4 Å². The van der Waals surface area contributed by atoms with Crippen LogP contribution in [0.5, 0.6) is 0 Å². The highest BCUT2D eigenvalue weighted by atomic mass is 16.5. The fraction of sp³-hybridized carbons (Fsp3) is 0.316. The third kappa shape index (κ3) is 3.93. The van der Waals surface area contributed by atoms with E-state index in [1.807, 2.05) is 24.3 Å². The number of methoxy groups -OCH3 is 2. The molecule has 0 atom stereocenters. The second kappa shape index (κ2) is 7.86. The Hall–Kier alpha value is -3.09. The maximum absolute atomic E-state index is 11.8. The third-order valence-corrected chi connectivity index (χ3v) is 4.24. The molecule has 1 aromatic carbocycles. The Morgan fingerprint density at radius 2 is 1.92 bits per heavy atom. The minimum absolute atomic E-state index is 0.00422. The number of aromatic nitrogens is 2. The summed E-state index contributed by atoms with van der Waals surface area (Å²) >= 11 is 0. The average Bonchev–Trinajstić information content (AvgIpc) is 3.11. The number of carbonyl (C=O) groups excluding carboxylic acids is 2. The molecule has 7 nitrogen and oxygen atoms in total. The molecule has 0 spiro atoms. The van der Waals surface area contributed by atoms with Crippen molar-refractivity contribution in [2.75, 3.05) is 19.5 Å². The SMILES string of the molecule is COC(=O)/C=C(/Nc1ccc(-c2cn3c(n2)CCCC3)cc1)C(=O)OC. The number of hydrogen-bond donors (Lipinski definition) is 1. The number of nitrogens with one attached hydrogen (secondary N) is 1. The lowest BCUT2D eigenvalue weighted by Crippen LogP contribution is -2.15. The van der Waals surface area contributed by atoms with Crippen LogP contribution in [0, 0.1) is 0 Å². The van der Waals surface area contributed by atoms with Gasteiger partial charge in [0.2, 0.25) is 0 Å². The first-order chi connectivity index (χ1) is 12.6. The molecule has 1 aliphatic heterocycles. The van der Waals surface area contributed by atoms with Gasteiger partial charge in [-0.2, -0.15) is 0 Å². The van der Waals surface area contributed by atoms with E-state index in [2.05, 4.69) is 25.6 Å². The molecule has 0 aliphatic carbocycles. The topological polar surface area (TPSA) is 82.5 Å². The Morgan fingerprint density at radius 1 is 1.15 bits per heavy atom. The van der Waals surface area contributed by atoms with Gasteiger partial charge in [0.25, 0.3) is 0 Å². The van der Waals surface area contributed by atoms with Crippen molar-refractivity contribution in [3.63, 3.8) is 0 Å². The molecular weight excluding hydrogens is 334 g/mol. The molecule has 0 radical (unpaired) electrons. The molecule has 0 saturated carbocycles. The molecule has 7 heteroatoms. The van der Waals surface area contributed by atoms with Crippen LogP contribution < -0.4 is 5.32 Å². The van der Waals surface area contributed by atoms with Crippen molar-refractivity contribution in [3.05, 3.63) is 48.1 Å². The lowest BCUT2D eigenvalue weighted by atomic mass is 10.1. The Balaban J connectivity index is 1.78. The number of imidazole rings is 1. The highest BCUT2D eigenvalue weighted by molar-refractivity contribution is 5.98. The number of anilines is 1. The predicted molar refractivity (Wildman–Crippen MR) is 96.3 cm³/mol. The molecule has 0 saturated heterocycles. The zero-order valence-corrected chi connectivity index (χ0v) is 14.8. The maximum Gasteiger partial charge on any atom is 0.354 e. The van der Waals surface area contributed by atoms with E-state index in [-0.39, 0.29) is 5.70 Å². The first-order valence-electron chi connectivity index (χ1n) is 8.42. The summed E-state index contributed by atoms with van der Waals surface area (Å²) in [5.41, 5.74) is 2.59. The number of rotatable bonds is 5. The fourth-order valence-electron chi connectivity index (χ4n) is 2.86. The van der Waals surface area contributed by atoms with E-state index in [1.165, 1.54) is 27.1 Å². The van der Waals surface area contributed by atoms with E-state index in [1.54, 1.807) is 0 Å². The predicted octanol–water partition coefficient (Wildman–Crippen LogP) is 2.53. The van der Waals surface area contributed by atoms with Crippen molar-refractivity contribution < 1.29 is 19.1 Å². The largest absolute Gasteiger partial charge is 0.466 e. The number of aryl methyl sites for hydroxylation is 2. The lowest BCUT2D eigenvalue weighted by Gasteiger charge is -2.11. The van der Waals surface area contributed by atoms with Gasteiger partial charge in [-0.15, -0.1) is 0 Å². The number of fused-ring (bicyclic) bond motifs is 1. The number of esters is 2. The van der Waals surface area contributed by atoms with Gasteiger partial charge >= 0.3 is 11.9 Å². The van der Waals surface area contributed by atoms with Gasteiger partial charge in [0.1, 0.15) is 11.5 Å². The van der Waals surface area contributed by atoms with E-state index >= 15 is 0 Å². The Labute approximate surface area is 151 Å². The van der Waals surface area contributed by atoms with Gasteiger partial charge in [0.15, 0.2) is 0 Å². The molecule has 0 bridgehead atoms. The number of carbonyl (C=O) groups is 2. The van der Waals surface area contributed by atoms with E-state index in [0.717, 1.165) is 36.1 Å². The van der Waals surface area contributed by atoms with E-state index < -0.39 is 11.9 Å². The van der Waals surface area contributed by atoms with Crippen molar-refractivity contribution in [1.82, 2.24) is 9.55 Å². The Bertz CT molecular complexity index is 813. The summed E-state index contributed by atoms with van der Waals surface area (Å²) < 4.78 is 11.4. The molecule has 0 unspecified atom stereocenters. The molecule has 2 aromatic rings. The minimum atomic E-state index is -0.652. The monoisotopic (exact) mass is 355 g/mol. The number of ether oxygens (including phenoxy) is 2. The van der Waals surface area contributed by atoms with Gasteiger partial charge in [-0.1, -0.05) is 12.1 Å². The van der Waals surface area contributed by atoms with Crippen LogP contribution in [0.25, 0.3) is 11.3 Å². The summed E-state index contributed by atoms with van der Waals surface area (Å²) in [6.45, 7) is 1.02. The normalized spacial score (nSPS) is 13.7. The average molecular weight is 355 g/mol. The summed E-state index contributed by atoms with van der Waals surface area (Å²) in [7, 11) is 2.49. The van der Waals surface area contributed by atoms with Gasteiger partial charge in [0.05, 0.1) is 26.0 Å². The first-order valence-corrected chi connectivity index (χ1v) is 8.42. The minimum Gasteiger partial charge on any atom is -0.466 e. The molecule has 1 aromatic heterocycles. The fourth-order valence-corrected chi connectivity index (χ4v) is 2.86. The number of benzene rings is 1. The lowest BCUT2D eigenvalue weighted by molar-refractivity contribution is -0.138. The molecule has 2 heterocycles. The standard InChI is InChI=1S/C19H21N3O4/c1-25-18(23)11-15(19(24)26-2)20-14-8-6-13(7-9-14)16-12-22-10-4-3-5-17(22)21-16/h6-9,11-12,20H,3-5,10H2,1-2H3/b15-11+. The molecule has 1 N–H and O–H groups in total. The molecule has 3 rings (SSSR count). The van der Waals surface area contributed by atoms with Crippen molar-refractivity contribution >= 4 is 17.6 Å². The van der Waals surface area contributed by atoms with Gasteiger partial charge in [-0.05, 0) is 25.0 Å². The summed E-state index contributed by atoms with van der Waals surface area (Å²) in [4.78, 5) is 27.9. The van der Waals surface area contributed by atoms with Crippen molar-refractivity contribution in [3.8, 4) is 11.3 Å². The quantitative estimate of drug-likeness (QED) is 0.656. The van der Waals surface area contributed by atoms with Crippen molar-refractivity contribution in [1.29, 1.82) is 0 Å². The van der Waals surface area contributed by atoms with Crippen LogP contribution in [-0.2, 0) is 32.0 Å². The highest BCUT2D eigenvalue weighted by Gasteiger charge is 2.15. The molecule has 26 heavy (non-hydrogen) atoms. The van der Waals surface area contributed by atoms with Crippen LogP contribution in [0.15, 0.2) is 42.2 Å². The summed E-state index contributed by atoms with van der Waals surface area (Å²) in [6.07, 6.45) is 6.52. The van der Waals surface area contributed by atoms with Crippen LogP contribution in [0.1, 0.15) is 18.7 Å². The number of nitrogens with zero attached hydrogens (tertiary/aromatic N) is 2. The molecule has 1 aliphatic rings. The Morgan fingerprint density at radius 3 is 2.58 bits per heavy atom. The maximum atomic E-state index is 11.8. The van der Waals surface area contributed by atoms with Crippen LogP contribution in [0.2, 0.25) is 0 Å². The van der Waals surface area contributed by atoms with E-state index in [9.17, 15) is 9.59 Å². The van der Waals surface area contributed by atoms with Crippen molar-refractivity contribution in [2.45, 2.75) is 25.8 Å². The van der Waals surface area contributed by atoms with Crippen LogP contribution in [0.4, 0.5) is 5.69 Å². The number of hydrogen-bond acceptors (Lipinski definition) is 6. The first kappa shape index (κ1) is 17.7. The third-order valence-electron chi connectivity index (χ3n) is 4.24. The molecule has 0 amide bonds. The molecule has 0 fully saturated rings. The second-order valence-corrected chi connectivity index (χ2v) is 5.97. The van der Waals surface area contributed by atoms with Crippen molar-refractivity contribution in [2.24, 2.45) is 0 Å². The van der Waals surface area contributed by atoms with E-state index in [0.29, 0.717) is 5.69 Å². The smallest absolute Gasteiger partial charge is 0.354 e. The van der Waals surface area contributed by atoms with Gasteiger partial charge in [-0.25, -0.2) is 14.6 Å². The zero-order chi connectivity index (χ0) is 18.5.